The maximum Gasteiger partial charge on any atom is 0.374 e. The van der Waals surface area contributed by atoms with Crippen molar-refractivity contribution in [3.63, 3.8) is 0 Å². The largest absolute Gasteiger partial charge is 0.475 e. The average Bonchev–Trinajstić information content (AvgIpc) is 2.78. The van der Waals surface area contributed by atoms with Crippen LogP contribution in [0.2, 0.25) is 0 Å². The molecule has 1 aromatic carbocycles. The Morgan fingerprint density at radius 2 is 2.06 bits per heavy atom. The van der Waals surface area contributed by atoms with Crippen LogP contribution < -0.4 is 11.1 Å². The fraction of sp³-hybridized carbons (Fsp3) is 0. The number of carboxylic acids is 1. The first-order valence-corrected chi connectivity index (χ1v) is 4.94. The number of urea groups is 1. The van der Waals surface area contributed by atoms with Gasteiger partial charge >= 0.3 is 12.0 Å². The zero-order chi connectivity index (χ0) is 13.1. The number of rotatable bonds is 3. The van der Waals surface area contributed by atoms with Gasteiger partial charge in [0.2, 0.25) is 5.76 Å². The molecule has 0 fully saturated rings. The Kier molecular flexibility index (Phi) is 2.96. The molecule has 0 atom stereocenters. The molecule has 0 radical (unpaired) electrons. The highest BCUT2D eigenvalue weighted by atomic mass is 16.5. The lowest BCUT2D eigenvalue weighted by Gasteiger charge is -2.06. The first kappa shape index (κ1) is 11.6. The first-order valence-electron chi connectivity index (χ1n) is 4.94. The summed E-state index contributed by atoms with van der Waals surface area (Å²) in [6.45, 7) is 0. The molecule has 0 saturated heterocycles. The molecule has 0 saturated carbocycles. The van der Waals surface area contributed by atoms with Crippen LogP contribution in [0.15, 0.2) is 34.9 Å². The van der Waals surface area contributed by atoms with Crippen LogP contribution in [0.25, 0.3) is 11.3 Å². The Bertz CT molecular complexity index is 606. The van der Waals surface area contributed by atoms with E-state index in [4.69, 9.17) is 10.8 Å². The van der Waals surface area contributed by atoms with Gasteiger partial charge in [-0.3, -0.25) is 0 Å². The third-order valence-corrected chi connectivity index (χ3v) is 2.18. The van der Waals surface area contributed by atoms with Crippen molar-refractivity contribution in [3.8, 4) is 11.3 Å². The lowest BCUT2D eigenvalue weighted by Crippen LogP contribution is -2.19. The van der Waals surface area contributed by atoms with E-state index >= 15 is 0 Å². The Balaban J connectivity index is 2.42. The molecule has 0 aliphatic carbocycles. The van der Waals surface area contributed by atoms with Crippen molar-refractivity contribution >= 4 is 17.7 Å². The lowest BCUT2D eigenvalue weighted by molar-refractivity contribution is 0.0652. The van der Waals surface area contributed by atoms with Crippen LogP contribution in [0.5, 0.6) is 0 Å². The van der Waals surface area contributed by atoms with Crippen LogP contribution >= 0.6 is 0 Å². The highest BCUT2D eigenvalue weighted by Gasteiger charge is 2.14. The molecular formula is C11H9N3O4. The second-order valence-corrected chi connectivity index (χ2v) is 3.42. The van der Waals surface area contributed by atoms with Crippen LogP contribution in [0.4, 0.5) is 10.5 Å². The van der Waals surface area contributed by atoms with Gasteiger partial charge in [-0.1, -0.05) is 23.4 Å². The molecule has 7 nitrogen and oxygen atoms in total. The Morgan fingerprint density at radius 1 is 1.33 bits per heavy atom. The van der Waals surface area contributed by atoms with Gasteiger partial charge in [0.25, 0.3) is 0 Å². The third-order valence-electron chi connectivity index (χ3n) is 2.18. The van der Waals surface area contributed by atoms with Crippen molar-refractivity contribution in [2.75, 3.05) is 5.32 Å². The topological polar surface area (TPSA) is 118 Å². The number of carboxylic acid groups (broad SMARTS) is 1. The summed E-state index contributed by atoms with van der Waals surface area (Å²) in [4.78, 5) is 21.5. The van der Waals surface area contributed by atoms with E-state index in [1.165, 1.54) is 6.07 Å². The number of aromatic nitrogens is 1. The van der Waals surface area contributed by atoms with Gasteiger partial charge in [-0.2, -0.15) is 0 Å². The van der Waals surface area contributed by atoms with Crippen LogP contribution in [0.3, 0.4) is 0 Å². The van der Waals surface area contributed by atoms with Gasteiger partial charge in [0.05, 0.1) is 5.69 Å². The molecule has 0 bridgehead atoms. The molecule has 2 amide bonds. The zero-order valence-corrected chi connectivity index (χ0v) is 9.08. The van der Waals surface area contributed by atoms with Crippen molar-refractivity contribution in [3.05, 3.63) is 36.1 Å². The summed E-state index contributed by atoms with van der Waals surface area (Å²) in [6.07, 6.45) is 0. The molecule has 2 rings (SSSR count). The number of hydrogen-bond donors (Lipinski definition) is 3. The Hall–Kier alpha value is -2.83. The number of anilines is 1. The van der Waals surface area contributed by atoms with E-state index in [9.17, 15) is 9.59 Å². The smallest absolute Gasteiger partial charge is 0.374 e. The Labute approximate surface area is 101 Å². The van der Waals surface area contributed by atoms with Crippen LogP contribution in [-0.2, 0) is 0 Å². The van der Waals surface area contributed by atoms with Crippen LogP contribution in [0.1, 0.15) is 10.6 Å². The SMILES string of the molecule is NC(=O)Nc1ccccc1-c1cc(C(=O)O)on1. The van der Waals surface area contributed by atoms with E-state index in [1.807, 2.05) is 0 Å². The van der Waals surface area contributed by atoms with Crippen LogP contribution in [0, 0.1) is 0 Å². The van der Waals surface area contributed by atoms with Gasteiger partial charge in [0, 0.05) is 11.6 Å². The van der Waals surface area contributed by atoms with Crippen molar-refractivity contribution in [2.24, 2.45) is 5.73 Å². The molecular weight excluding hydrogens is 238 g/mol. The summed E-state index contributed by atoms with van der Waals surface area (Å²) >= 11 is 0. The summed E-state index contributed by atoms with van der Waals surface area (Å²) in [7, 11) is 0. The predicted octanol–water partition coefficient (Wildman–Crippen LogP) is 1.53. The van der Waals surface area contributed by atoms with Gasteiger partial charge in [-0.05, 0) is 6.07 Å². The summed E-state index contributed by atoms with van der Waals surface area (Å²) in [5, 5.41) is 14.8. The van der Waals surface area contributed by atoms with Crippen molar-refractivity contribution in [2.45, 2.75) is 0 Å². The van der Waals surface area contributed by atoms with Crippen LogP contribution in [-0.4, -0.2) is 22.3 Å². The highest BCUT2D eigenvalue weighted by Crippen LogP contribution is 2.27. The van der Waals surface area contributed by atoms with E-state index < -0.39 is 12.0 Å². The molecule has 92 valence electrons. The molecule has 1 heterocycles. The molecule has 1 aromatic heterocycles. The van der Waals surface area contributed by atoms with Gasteiger partial charge in [0.15, 0.2) is 0 Å². The van der Waals surface area contributed by atoms with E-state index in [0.717, 1.165) is 0 Å². The van der Waals surface area contributed by atoms with E-state index in [-0.39, 0.29) is 5.76 Å². The number of nitrogens with one attached hydrogen (secondary N) is 1. The number of carbonyl (C=O) groups excluding carboxylic acids is 1. The number of benzene rings is 1. The molecule has 2 aromatic rings. The minimum Gasteiger partial charge on any atom is -0.475 e. The van der Waals surface area contributed by atoms with Gasteiger partial charge in [-0.15, -0.1) is 0 Å². The summed E-state index contributed by atoms with van der Waals surface area (Å²) in [5.74, 6) is -1.49. The summed E-state index contributed by atoms with van der Waals surface area (Å²) < 4.78 is 4.65. The predicted molar refractivity (Wildman–Crippen MR) is 62.1 cm³/mol. The Morgan fingerprint density at radius 3 is 2.67 bits per heavy atom. The van der Waals surface area contributed by atoms with Gasteiger partial charge < -0.3 is 20.7 Å². The number of hydrogen-bond acceptors (Lipinski definition) is 4. The van der Waals surface area contributed by atoms with E-state index in [1.54, 1.807) is 24.3 Å². The summed E-state index contributed by atoms with van der Waals surface area (Å²) in [6, 6.07) is 7.25. The number of para-hydroxylation sites is 1. The number of amides is 2. The molecule has 18 heavy (non-hydrogen) atoms. The average molecular weight is 247 g/mol. The van der Waals surface area contributed by atoms with Crippen molar-refractivity contribution in [1.82, 2.24) is 5.16 Å². The molecule has 7 heteroatoms. The maximum atomic E-state index is 10.8. The zero-order valence-electron chi connectivity index (χ0n) is 9.08. The number of nitrogens with two attached hydrogens (primary N) is 1. The minimum atomic E-state index is -1.21. The molecule has 4 N–H and O–H groups in total. The fourth-order valence-corrected chi connectivity index (χ4v) is 1.45. The second-order valence-electron chi connectivity index (χ2n) is 3.42. The molecule has 0 aliphatic rings. The summed E-state index contributed by atoms with van der Waals surface area (Å²) in [5.41, 5.74) is 6.29. The maximum absolute atomic E-state index is 10.8. The highest BCUT2D eigenvalue weighted by molar-refractivity contribution is 5.93. The number of primary amides is 1. The minimum absolute atomic E-state index is 0.279. The monoisotopic (exact) mass is 247 g/mol. The standard InChI is InChI=1S/C11H9N3O4/c12-11(17)13-7-4-2-1-3-6(7)8-5-9(10(15)16)18-14-8/h1-5H,(H,15,16)(H3,12,13,17). The molecule has 0 unspecified atom stereocenters. The quantitative estimate of drug-likeness (QED) is 0.759. The number of nitrogens with zero attached hydrogens (tertiary/aromatic N) is 1. The third kappa shape index (κ3) is 2.29. The van der Waals surface area contributed by atoms with Crippen molar-refractivity contribution < 1.29 is 19.2 Å². The fourth-order valence-electron chi connectivity index (χ4n) is 1.45. The number of aromatic carboxylic acids is 1. The lowest BCUT2D eigenvalue weighted by atomic mass is 10.1. The van der Waals surface area contributed by atoms with E-state index in [0.29, 0.717) is 16.9 Å². The molecule has 0 spiro atoms. The normalized spacial score (nSPS) is 10.0. The van der Waals surface area contributed by atoms with Gasteiger partial charge in [-0.25, -0.2) is 9.59 Å². The van der Waals surface area contributed by atoms with Gasteiger partial charge in [0.1, 0.15) is 5.69 Å². The first-order chi connectivity index (χ1) is 8.58. The number of carbonyl (C=O) groups is 2. The molecule has 0 aliphatic heterocycles. The second kappa shape index (κ2) is 4.58. The van der Waals surface area contributed by atoms with E-state index in [2.05, 4.69) is 15.0 Å². The van der Waals surface area contributed by atoms with Crippen molar-refractivity contribution in [1.29, 1.82) is 0 Å².